The number of benzene rings is 2. The molecule has 0 saturated heterocycles. The Kier molecular flexibility index (Phi) is 4.08. The molecule has 0 radical (unpaired) electrons. The Morgan fingerprint density at radius 1 is 1.00 bits per heavy atom. The lowest BCUT2D eigenvalue weighted by Gasteiger charge is -2.14. The first-order valence-corrected chi connectivity index (χ1v) is 6.00. The van der Waals surface area contributed by atoms with E-state index in [2.05, 4.69) is 5.32 Å². The van der Waals surface area contributed by atoms with Gasteiger partial charge in [-0.25, -0.2) is 13.2 Å². The summed E-state index contributed by atoms with van der Waals surface area (Å²) < 4.78 is 39.4. The van der Waals surface area contributed by atoms with Crippen LogP contribution in [-0.4, -0.2) is 5.91 Å². The van der Waals surface area contributed by atoms with E-state index in [0.717, 1.165) is 17.7 Å². The average molecular weight is 279 g/mol. The van der Waals surface area contributed by atoms with Crippen molar-refractivity contribution in [2.45, 2.75) is 13.0 Å². The Bertz CT molecular complexity index is 629. The number of carbonyl (C=O) groups is 1. The third kappa shape index (κ3) is 2.82. The van der Waals surface area contributed by atoms with Crippen molar-refractivity contribution in [3.05, 3.63) is 71.0 Å². The highest BCUT2D eigenvalue weighted by Crippen LogP contribution is 2.17. The van der Waals surface area contributed by atoms with Crippen molar-refractivity contribution in [3.8, 4) is 0 Å². The number of hydrogen-bond donors (Lipinski definition) is 1. The first-order valence-electron chi connectivity index (χ1n) is 6.00. The number of rotatable bonds is 3. The van der Waals surface area contributed by atoms with Crippen LogP contribution in [-0.2, 0) is 0 Å². The van der Waals surface area contributed by atoms with Gasteiger partial charge in [0, 0.05) is 0 Å². The summed E-state index contributed by atoms with van der Waals surface area (Å²) in [6.07, 6.45) is 0. The van der Waals surface area contributed by atoms with E-state index in [1.54, 1.807) is 31.2 Å². The smallest absolute Gasteiger partial charge is 0.254 e. The van der Waals surface area contributed by atoms with Crippen molar-refractivity contribution in [1.82, 2.24) is 5.32 Å². The number of amides is 1. The van der Waals surface area contributed by atoms with Crippen LogP contribution in [0.4, 0.5) is 13.2 Å². The highest BCUT2D eigenvalue weighted by Gasteiger charge is 2.20. The van der Waals surface area contributed by atoms with E-state index in [1.165, 1.54) is 0 Å². The van der Waals surface area contributed by atoms with Crippen LogP contribution in [0.5, 0.6) is 0 Å². The number of carbonyl (C=O) groups excluding carboxylic acids is 1. The van der Waals surface area contributed by atoms with E-state index in [0.29, 0.717) is 0 Å². The second-order valence-electron chi connectivity index (χ2n) is 4.33. The number of nitrogens with one attached hydrogen (secondary N) is 1. The molecule has 2 rings (SSSR count). The van der Waals surface area contributed by atoms with E-state index in [1.807, 2.05) is 6.07 Å². The van der Waals surface area contributed by atoms with Gasteiger partial charge in [-0.1, -0.05) is 30.3 Å². The van der Waals surface area contributed by atoms with Gasteiger partial charge in [0.2, 0.25) is 0 Å². The molecule has 0 aliphatic rings. The van der Waals surface area contributed by atoms with Crippen LogP contribution in [0, 0.1) is 17.5 Å². The zero-order valence-corrected chi connectivity index (χ0v) is 10.7. The fraction of sp³-hybridized carbons (Fsp3) is 0.133. The fourth-order valence-corrected chi connectivity index (χ4v) is 1.80. The molecule has 0 bridgehead atoms. The van der Waals surface area contributed by atoms with Crippen LogP contribution in [0.2, 0.25) is 0 Å². The molecule has 2 aromatic carbocycles. The molecule has 2 nitrogen and oxygen atoms in total. The maximum atomic E-state index is 13.5. The van der Waals surface area contributed by atoms with Crippen molar-refractivity contribution >= 4 is 5.91 Å². The fourth-order valence-electron chi connectivity index (χ4n) is 1.80. The SMILES string of the molecule is C[C@H](NC(=O)c1ccc(F)c(F)c1F)c1ccccc1. The molecule has 5 heteroatoms. The summed E-state index contributed by atoms with van der Waals surface area (Å²) >= 11 is 0. The molecule has 0 fully saturated rings. The van der Waals surface area contributed by atoms with Gasteiger partial charge in [0.1, 0.15) is 0 Å². The van der Waals surface area contributed by atoms with Gasteiger partial charge >= 0.3 is 0 Å². The number of hydrogen-bond acceptors (Lipinski definition) is 1. The molecule has 0 saturated carbocycles. The minimum Gasteiger partial charge on any atom is -0.345 e. The van der Waals surface area contributed by atoms with Gasteiger partial charge in [-0.05, 0) is 24.6 Å². The second kappa shape index (κ2) is 5.77. The van der Waals surface area contributed by atoms with Crippen molar-refractivity contribution < 1.29 is 18.0 Å². The van der Waals surface area contributed by atoms with Crippen molar-refractivity contribution in [2.24, 2.45) is 0 Å². The molecule has 20 heavy (non-hydrogen) atoms. The molecule has 1 N–H and O–H groups in total. The predicted molar refractivity (Wildman–Crippen MR) is 68.6 cm³/mol. The lowest BCUT2D eigenvalue weighted by molar-refractivity contribution is 0.0934. The van der Waals surface area contributed by atoms with E-state index in [4.69, 9.17) is 0 Å². The quantitative estimate of drug-likeness (QED) is 0.855. The van der Waals surface area contributed by atoms with Gasteiger partial charge in [-0.3, -0.25) is 4.79 Å². The third-order valence-corrected chi connectivity index (χ3v) is 2.93. The Hall–Kier alpha value is -2.30. The van der Waals surface area contributed by atoms with Gasteiger partial charge < -0.3 is 5.32 Å². The molecule has 2 aromatic rings. The van der Waals surface area contributed by atoms with Crippen LogP contribution < -0.4 is 5.32 Å². The zero-order valence-electron chi connectivity index (χ0n) is 10.7. The molecule has 0 unspecified atom stereocenters. The summed E-state index contributed by atoms with van der Waals surface area (Å²) in [4.78, 5) is 11.9. The number of halogens is 3. The molecule has 0 aliphatic carbocycles. The van der Waals surface area contributed by atoms with Gasteiger partial charge in [0.25, 0.3) is 5.91 Å². The van der Waals surface area contributed by atoms with E-state index >= 15 is 0 Å². The summed E-state index contributed by atoms with van der Waals surface area (Å²) in [6, 6.07) is 10.3. The average Bonchev–Trinajstić information content (AvgIpc) is 2.45. The van der Waals surface area contributed by atoms with Crippen LogP contribution in [0.25, 0.3) is 0 Å². The second-order valence-corrected chi connectivity index (χ2v) is 4.33. The highest BCUT2D eigenvalue weighted by molar-refractivity contribution is 5.94. The molecule has 0 spiro atoms. The Morgan fingerprint density at radius 3 is 2.30 bits per heavy atom. The molecule has 1 amide bonds. The van der Waals surface area contributed by atoms with E-state index in [-0.39, 0.29) is 6.04 Å². The topological polar surface area (TPSA) is 29.1 Å². The van der Waals surface area contributed by atoms with Gasteiger partial charge in [-0.2, -0.15) is 0 Å². The normalized spacial score (nSPS) is 12.0. The van der Waals surface area contributed by atoms with Gasteiger partial charge in [0.15, 0.2) is 17.5 Å². The lowest BCUT2D eigenvalue weighted by atomic mass is 10.1. The summed E-state index contributed by atoms with van der Waals surface area (Å²) in [5.74, 6) is -5.25. The molecule has 1 atom stereocenters. The Labute approximate surface area is 114 Å². The first kappa shape index (κ1) is 14.1. The minimum absolute atomic E-state index is 0.379. The van der Waals surface area contributed by atoms with Crippen LogP contribution in [0.1, 0.15) is 28.9 Å². The van der Waals surface area contributed by atoms with Gasteiger partial charge in [-0.15, -0.1) is 0 Å². The molecule has 0 aliphatic heterocycles. The monoisotopic (exact) mass is 279 g/mol. The first-order chi connectivity index (χ1) is 9.50. The molecule has 0 aromatic heterocycles. The van der Waals surface area contributed by atoms with Crippen molar-refractivity contribution in [3.63, 3.8) is 0 Å². The molecular formula is C15H12F3NO. The molecule has 0 heterocycles. The third-order valence-electron chi connectivity index (χ3n) is 2.93. The highest BCUT2D eigenvalue weighted by atomic mass is 19.2. The van der Waals surface area contributed by atoms with Crippen LogP contribution in [0.3, 0.4) is 0 Å². The Morgan fingerprint density at radius 2 is 1.65 bits per heavy atom. The molecule has 104 valence electrons. The van der Waals surface area contributed by atoms with Crippen molar-refractivity contribution in [2.75, 3.05) is 0 Å². The Balaban J connectivity index is 2.19. The largest absolute Gasteiger partial charge is 0.345 e. The predicted octanol–water partition coefficient (Wildman–Crippen LogP) is 3.59. The summed E-state index contributed by atoms with van der Waals surface area (Å²) in [6.45, 7) is 1.71. The minimum atomic E-state index is -1.65. The summed E-state index contributed by atoms with van der Waals surface area (Å²) in [5.41, 5.74) is 0.301. The molecular weight excluding hydrogens is 267 g/mol. The lowest BCUT2D eigenvalue weighted by Crippen LogP contribution is -2.27. The van der Waals surface area contributed by atoms with Crippen LogP contribution in [0.15, 0.2) is 42.5 Å². The standard InChI is InChI=1S/C15H12F3NO/c1-9(10-5-3-2-4-6-10)19-15(20)11-7-8-12(16)14(18)13(11)17/h2-9H,1H3,(H,19,20)/t9-/m0/s1. The summed E-state index contributed by atoms with van der Waals surface area (Å²) in [7, 11) is 0. The van der Waals surface area contributed by atoms with Crippen LogP contribution >= 0.6 is 0 Å². The van der Waals surface area contributed by atoms with Gasteiger partial charge in [0.05, 0.1) is 11.6 Å². The summed E-state index contributed by atoms with van der Waals surface area (Å²) in [5, 5.41) is 2.53. The van der Waals surface area contributed by atoms with Crippen molar-refractivity contribution in [1.29, 1.82) is 0 Å². The zero-order chi connectivity index (χ0) is 14.7. The van der Waals surface area contributed by atoms with E-state index in [9.17, 15) is 18.0 Å². The maximum absolute atomic E-state index is 13.5. The maximum Gasteiger partial charge on any atom is 0.254 e. The van der Waals surface area contributed by atoms with E-state index < -0.39 is 28.9 Å².